The van der Waals surface area contributed by atoms with Gasteiger partial charge in [-0.3, -0.25) is 0 Å². The van der Waals surface area contributed by atoms with E-state index in [0.29, 0.717) is 0 Å². The monoisotopic (exact) mass is 205 g/mol. The Labute approximate surface area is 91.1 Å². The second-order valence-corrected chi connectivity index (χ2v) is 4.55. The van der Waals surface area contributed by atoms with Crippen LogP contribution >= 0.6 is 0 Å². The molecule has 0 aliphatic heterocycles. The first-order valence-electron chi connectivity index (χ1n) is 5.75. The van der Waals surface area contributed by atoms with Gasteiger partial charge in [0.25, 0.3) is 0 Å². The van der Waals surface area contributed by atoms with Crippen LogP contribution in [0.15, 0.2) is 30.3 Å². The second kappa shape index (κ2) is 4.33. The zero-order valence-electron chi connectivity index (χ0n) is 9.02. The molecule has 2 rings (SSSR count). The molecule has 1 saturated carbocycles. The number of benzene rings is 1. The normalized spacial score (nSPS) is 22.3. The minimum Gasteiger partial charge on any atom is -0.388 e. The molecule has 0 radical (unpaired) electrons. The average molecular weight is 205 g/mol. The van der Waals surface area contributed by atoms with E-state index in [0.717, 1.165) is 31.2 Å². The molecular formula is C13H19NO. The number of nitrogens with two attached hydrogens (primary N) is 1. The number of rotatable bonds is 2. The van der Waals surface area contributed by atoms with Crippen molar-refractivity contribution >= 4 is 0 Å². The van der Waals surface area contributed by atoms with Gasteiger partial charge in [0.15, 0.2) is 0 Å². The third-order valence-corrected chi connectivity index (χ3v) is 3.46. The topological polar surface area (TPSA) is 46.2 Å². The molecule has 0 saturated heterocycles. The lowest BCUT2D eigenvalue weighted by Crippen LogP contribution is -2.42. The summed E-state index contributed by atoms with van der Waals surface area (Å²) in [5.41, 5.74) is 6.52. The van der Waals surface area contributed by atoms with Crippen LogP contribution in [-0.4, -0.2) is 10.7 Å². The Morgan fingerprint density at radius 2 is 1.67 bits per heavy atom. The largest absolute Gasteiger partial charge is 0.388 e. The molecule has 1 aromatic rings. The Morgan fingerprint density at radius 3 is 2.27 bits per heavy atom. The molecule has 3 N–H and O–H groups in total. The summed E-state index contributed by atoms with van der Waals surface area (Å²) in [6.07, 6.45) is 5.09. The van der Waals surface area contributed by atoms with Crippen molar-refractivity contribution in [3.05, 3.63) is 35.9 Å². The van der Waals surface area contributed by atoms with Crippen LogP contribution in [0.2, 0.25) is 0 Å². The van der Waals surface area contributed by atoms with E-state index < -0.39 is 5.60 Å². The van der Waals surface area contributed by atoms with Crippen molar-refractivity contribution in [2.45, 2.75) is 43.7 Å². The molecule has 0 unspecified atom stereocenters. The van der Waals surface area contributed by atoms with E-state index >= 15 is 0 Å². The summed E-state index contributed by atoms with van der Waals surface area (Å²) in [5.74, 6) is 0. The molecule has 2 heteroatoms. The SMILES string of the molecule is N[C@@H](c1ccccc1)C1(O)CCCCC1. The van der Waals surface area contributed by atoms with E-state index in [1.54, 1.807) is 0 Å². The highest BCUT2D eigenvalue weighted by molar-refractivity contribution is 5.21. The summed E-state index contributed by atoms with van der Waals surface area (Å²) in [7, 11) is 0. The Kier molecular flexibility index (Phi) is 3.08. The van der Waals surface area contributed by atoms with Crippen LogP contribution in [-0.2, 0) is 0 Å². The zero-order chi connectivity index (χ0) is 10.7. The number of hydrogen-bond acceptors (Lipinski definition) is 2. The molecule has 1 atom stereocenters. The van der Waals surface area contributed by atoms with Crippen LogP contribution in [0.4, 0.5) is 0 Å². The zero-order valence-corrected chi connectivity index (χ0v) is 9.02. The van der Waals surface area contributed by atoms with Gasteiger partial charge in [0.1, 0.15) is 0 Å². The Balaban J connectivity index is 2.16. The molecule has 1 aliphatic carbocycles. The first kappa shape index (κ1) is 10.7. The third-order valence-electron chi connectivity index (χ3n) is 3.46. The predicted octanol–water partition coefficient (Wildman–Crippen LogP) is 2.38. The molecule has 0 heterocycles. The fraction of sp³-hybridized carbons (Fsp3) is 0.538. The lowest BCUT2D eigenvalue weighted by atomic mass is 9.77. The van der Waals surface area contributed by atoms with Crippen LogP contribution < -0.4 is 5.73 Å². The van der Waals surface area contributed by atoms with Crippen molar-refractivity contribution in [2.75, 3.05) is 0 Å². The quantitative estimate of drug-likeness (QED) is 0.778. The van der Waals surface area contributed by atoms with E-state index in [-0.39, 0.29) is 6.04 Å². The first-order chi connectivity index (χ1) is 7.22. The van der Waals surface area contributed by atoms with E-state index in [2.05, 4.69) is 0 Å². The maximum atomic E-state index is 10.5. The smallest absolute Gasteiger partial charge is 0.0839 e. The van der Waals surface area contributed by atoms with Crippen molar-refractivity contribution in [1.29, 1.82) is 0 Å². The van der Waals surface area contributed by atoms with Gasteiger partial charge in [-0.05, 0) is 18.4 Å². The Hall–Kier alpha value is -0.860. The van der Waals surface area contributed by atoms with Crippen LogP contribution in [0, 0.1) is 0 Å². The van der Waals surface area contributed by atoms with Gasteiger partial charge in [0, 0.05) is 0 Å². The van der Waals surface area contributed by atoms with Crippen molar-refractivity contribution in [3.8, 4) is 0 Å². The highest BCUT2D eigenvalue weighted by Gasteiger charge is 2.36. The summed E-state index contributed by atoms with van der Waals surface area (Å²) in [5, 5.41) is 10.5. The molecule has 0 aromatic heterocycles. The molecule has 15 heavy (non-hydrogen) atoms. The molecule has 0 bridgehead atoms. The molecule has 1 aromatic carbocycles. The van der Waals surface area contributed by atoms with Crippen LogP contribution in [0.1, 0.15) is 43.7 Å². The van der Waals surface area contributed by atoms with Gasteiger partial charge in [0.2, 0.25) is 0 Å². The highest BCUT2D eigenvalue weighted by Crippen LogP contribution is 2.36. The predicted molar refractivity (Wildman–Crippen MR) is 61.4 cm³/mol. The molecule has 0 spiro atoms. The molecule has 1 aliphatic rings. The van der Waals surface area contributed by atoms with E-state index in [1.165, 1.54) is 6.42 Å². The molecule has 82 valence electrons. The molecule has 0 amide bonds. The molecular weight excluding hydrogens is 186 g/mol. The van der Waals surface area contributed by atoms with Crippen LogP contribution in [0.25, 0.3) is 0 Å². The van der Waals surface area contributed by atoms with Crippen molar-refractivity contribution in [2.24, 2.45) is 5.73 Å². The van der Waals surface area contributed by atoms with Gasteiger partial charge >= 0.3 is 0 Å². The summed E-state index contributed by atoms with van der Waals surface area (Å²) in [6.45, 7) is 0. The summed E-state index contributed by atoms with van der Waals surface area (Å²) >= 11 is 0. The average Bonchev–Trinajstić information content (AvgIpc) is 2.30. The lowest BCUT2D eigenvalue weighted by molar-refractivity contribution is -0.0202. The van der Waals surface area contributed by atoms with Gasteiger partial charge < -0.3 is 10.8 Å². The summed E-state index contributed by atoms with van der Waals surface area (Å²) in [4.78, 5) is 0. The Morgan fingerprint density at radius 1 is 1.07 bits per heavy atom. The minimum atomic E-state index is -0.681. The fourth-order valence-electron chi connectivity index (χ4n) is 2.45. The van der Waals surface area contributed by atoms with Gasteiger partial charge in [0.05, 0.1) is 11.6 Å². The standard InChI is InChI=1S/C13H19NO/c14-12(11-7-3-1-4-8-11)13(15)9-5-2-6-10-13/h1,3-4,7-8,12,15H,2,5-6,9-10,14H2/t12-/m0/s1. The lowest BCUT2D eigenvalue weighted by Gasteiger charge is -2.37. The van der Waals surface area contributed by atoms with Gasteiger partial charge in [-0.25, -0.2) is 0 Å². The first-order valence-corrected chi connectivity index (χ1v) is 5.75. The summed E-state index contributed by atoms with van der Waals surface area (Å²) in [6, 6.07) is 9.68. The van der Waals surface area contributed by atoms with E-state index in [1.807, 2.05) is 30.3 Å². The highest BCUT2D eigenvalue weighted by atomic mass is 16.3. The van der Waals surface area contributed by atoms with Gasteiger partial charge in [-0.15, -0.1) is 0 Å². The fourth-order valence-corrected chi connectivity index (χ4v) is 2.45. The molecule has 1 fully saturated rings. The number of hydrogen-bond donors (Lipinski definition) is 2. The van der Waals surface area contributed by atoms with Gasteiger partial charge in [-0.1, -0.05) is 49.6 Å². The molecule has 2 nitrogen and oxygen atoms in total. The van der Waals surface area contributed by atoms with Crippen LogP contribution in [0.3, 0.4) is 0 Å². The number of aliphatic hydroxyl groups is 1. The summed E-state index contributed by atoms with van der Waals surface area (Å²) < 4.78 is 0. The van der Waals surface area contributed by atoms with Crippen molar-refractivity contribution < 1.29 is 5.11 Å². The second-order valence-electron chi connectivity index (χ2n) is 4.55. The van der Waals surface area contributed by atoms with Crippen LogP contribution in [0.5, 0.6) is 0 Å². The van der Waals surface area contributed by atoms with Crippen molar-refractivity contribution in [1.82, 2.24) is 0 Å². The van der Waals surface area contributed by atoms with E-state index in [4.69, 9.17) is 5.73 Å². The minimum absolute atomic E-state index is 0.237. The van der Waals surface area contributed by atoms with Crippen molar-refractivity contribution in [3.63, 3.8) is 0 Å². The van der Waals surface area contributed by atoms with E-state index in [9.17, 15) is 5.11 Å². The maximum Gasteiger partial charge on any atom is 0.0839 e. The third kappa shape index (κ3) is 2.21. The van der Waals surface area contributed by atoms with Gasteiger partial charge in [-0.2, -0.15) is 0 Å². The maximum absolute atomic E-state index is 10.5. The Bertz CT molecular complexity index is 304.